The van der Waals surface area contributed by atoms with Crippen LogP contribution in [0.5, 0.6) is 0 Å². The number of nitrogens with zero attached hydrogens (tertiary/aromatic N) is 3. The molecule has 3 heterocycles. The SMILES string of the molecule is Cc1ccc(CN2CC(C(=O)Nc3ccc(-c4ncc5n4CCCC5)cc3)CC2=O)cc1. The van der Waals surface area contributed by atoms with Gasteiger partial charge in [-0.3, -0.25) is 9.59 Å². The Morgan fingerprint density at radius 3 is 2.66 bits per heavy atom. The molecule has 3 aromatic rings. The van der Waals surface area contributed by atoms with E-state index in [1.807, 2.05) is 61.7 Å². The second kappa shape index (κ2) is 8.61. The summed E-state index contributed by atoms with van der Waals surface area (Å²) < 4.78 is 2.30. The van der Waals surface area contributed by atoms with E-state index in [2.05, 4.69) is 14.9 Å². The minimum absolute atomic E-state index is 0.0325. The number of likely N-dealkylation sites (tertiary alicyclic amines) is 1. The maximum atomic E-state index is 12.8. The van der Waals surface area contributed by atoms with Crippen molar-refractivity contribution in [1.82, 2.24) is 14.5 Å². The summed E-state index contributed by atoms with van der Waals surface area (Å²) in [5, 5.41) is 2.99. The van der Waals surface area contributed by atoms with E-state index in [9.17, 15) is 9.59 Å². The average molecular weight is 429 g/mol. The molecule has 0 radical (unpaired) electrons. The first kappa shape index (κ1) is 20.5. The van der Waals surface area contributed by atoms with E-state index in [1.54, 1.807) is 4.90 Å². The number of amides is 2. The van der Waals surface area contributed by atoms with Crippen molar-refractivity contribution in [1.29, 1.82) is 0 Å². The second-order valence-electron chi connectivity index (χ2n) is 8.91. The van der Waals surface area contributed by atoms with Crippen LogP contribution in [0.2, 0.25) is 0 Å². The number of benzene rings is 2. The zero-order valence-electron chi connectivity index (χ0n) is 18.4. The standard InChI is InChI=1S/C26H28N4O2/c1-18-5-7-19(8-6-18)16-29-17-21(14-24(29)31)26(32)28-22-11-9-20(10-12-22)25-27-15-23-4-2-3-13-30(23)25/h5-12,15,21H,2-4,13-14,16-17H2,1H3,(H,28,32). The maximum Gasteiger partial charge on any atom is 0.229 e. The number of aromatic nitrogens is 2. The predicted molar refractivity (Wildman–Crippen MR) is 124 cm³/mol. The fraction of sp³-hybridized carbons (Fsp3) is 0.346. The highest BCUT2D eigenvalue weighted by atomic mass is 16.2. The van der Waals surface area contributed by atoms with E-state index in [0.29, 0.717) is 13.1 Å². The molecule has 2 aliphatic rings. The Kier molecular flexibility index (Phi) is 5.52. The topological polar surface area (TPSA) is 67.2 Å². The molecule has 32 heavy (non-hydrogen) atoms. The zero-order chi connectivity index (χ0) is 22.1. The van der Waals surface area contributed by atoms with E-state index < -0.39 is 0 Å². The smallest absolute Gasteiger partial charge is 0.229 e. The van der Waals surface area contributed by atoms with Crippen LogP contribution >= 0.6 is 0 Å². The van der Waals surface area contributed by atoms with Gasteiger partial charge in [0.15, 0.2) is 0 Å². The van der Waals surface area contributed by atoms with Gasteiger partial charge in [-0.2, -0.15) is 0 Å². The van der Waals surface area contributed by atoms with Crippen molar-refractivity contribution in [2.24, 2.45) is 5.92 Å². The molecule has 2 amide bonds. The zero-order valence-corrected chi connectivity index (χ0v) is 18.4. The normalized spacial score (nSPS) is 18.0. The lowest BCUT2D eigenvalue weighted by atomic mass is 10.1. The summed E-state index contributed by atoms with van der Waals surface area (Å²) in [6.07, 6.45) is 5.73. The molecule has 6 nitrogen and oxygen atoms in total. The molecule has 1 atom stereocenters. The van der Waals surface area contributed by atoms with E-state index >= 15 is 0 Å². The van der Waals surface area contributed by atoms with Crippen molar-refractivity contribution in [3.05, 3.63) is 71.5 Å². The summed E-state index contributed by atoms with van der Waals surface area (Å²) in [5.74, 6) is 0.596. The average Bonchev–Trinajstić information content (AvgIpc) is 3.40. The number of carbonyl (C=O) groups excluding carboxylic acids is 2. The maximum absolute atomic E-state index is 12.8. The molecule has 1 aromatic heterocycles. The summed E-state index contributed by atoms with van der Waals surface area (Å²) in [6.45, 7) is 4.06. The molecule has 6 heteroatoms. The predicted octanol–water partition coefficient (Wildman–Crippen LogP) is 4.18. The first-order chi connectivity index (χ1) is 15.6. The molecule has 0 spiro atoms. The molecule has 5 rings (SSSR count). The first-order valence-corrected chi connectivity index (χ1v) is 11.4. The molecule has 1 N–H and O–H groups in total. The van der Waals surface area contributed by atoms with Gasteiger partial charge in [-0.1, -0.05) is 29.8 Å². The third kappa shape index (κ3) is 4.17. The number of carbonyl (C=O) groups is 2. The Bertz CT molecular complexity index is 1130. The highest BCUT2D eigenvalue weighted by Gasteiger charge is 2.34. The minimum atomic E-state index is -0.327. The molecule has 1 unspecified atom stereocenters. The van der Waals surface area contributed by atoms with Gasteiger partial charge in [-0.25, -0.2) is 4.98 Å². The Morgan fingerprint density at radius 2 is 1.88 bits per heavy atom. The highest BCUT2D eigenvalue weighted by molar-refractivity contribution is 5.97. The van der Waals surface area contributed by atoms with Crippen LogP contribution in [0.25, 0.3) is 11.4 Å². The molecule has 164 valence electrons. The molecule has 0 aliphatic carbocycles. The van der Waals surface area contributed by atoms with Crippen LogP contribution in [-0.4, -0.2) is 32.8 Å². The van der Waals surface area contributed by atoms with Gasteiger partial charge >= 0.3 is 0 Å². The van der Waals surface area contributed by atoms with Crippen LogP contribution < -0.4 is 5.32 Å². The largest absolute Gasteiger partial charge is 0.338 e. The molecule has 1 saturated heterocycles. The second-order valence-corrected chi connectivity index (χ2v) is 8.91. The van der Waals surface area contributed by atoms with Gasteiger partial charge in [0, 0.05) is 49.2 Å². The monoisotopic (exact) mass is 428 g/mol. The van der Waals surface area contributed by atoms with E-state index in [1.165, 1.54) is 24.1 Å². The number of nitrogens with one attached hydrogen (secondary N) is 1. The molecular formula is C26H28N4O2. The van der Waals surface area contributed by atoms with Gasteiger partial charge in [-0.05, 0) is 56.0 Å². The van der Waals surface area contributed by atoms with E-state index in [-0.39, 0.29) is 24.2 Å². The fourth-order valence-corrected chi connectivity index (χ4v) is 4.63. The number of fused-ring (bicyclic) bond motifs is 1. The lowest BCUT2D eigenvalue weighted by Crippen LogP contribution is -2.28. The van der Waals surface area contributed by atoms with Crippen molar-refractivity contribution in [3.8, 4) is 11.4 Å². The van der Waals surface area contributed by atoms with Gasteiger partial charge in [0.2, 0.25) is 11.8 Å². The van der Waals surface area contributed by atoms with Gasteiger partial charge in [0.25, 0.3) is 0 Å². The summed E-state index contributed by atoms with van der Waals surface area (Å²) in [4.78, 5) is 31.6. The summed E-state index contributed by atoms with van der Waals surface area (Å²) in [5.41, 5.74) is 5.37. The number of anilines is 1. The van der Waals surface area contributed by atoms with Crippen LogP contribution in [0.15, 0.2) is 54.7 Å². The molecular weight excluding hydrogens is 400 g/mol. The Morgan fingerprint density at radius 1 is 1.09 bits per heavy atom. The van der Waals surface area contributed by atoms with Crippen molar-refractivity contribution in [2.75, 3.05) is 11.9 Å². The first-order valence-electron chi connectivity index (χ1n) is 11.4. The Balaban J connectivity index is 1.21. The number of hydrogen-bond acceptors (Lipinski definition) is 3. The Labute approximate surface area is 188 Å². The summed E-state index contributed by atoms with van der Waals surface area (Å²) in [6, 6.07) is 16.0. The van der Waals surface area contributed by atoms with Gasteiger partial charge in [-0.15, -0.1) is 0 Å². The third-order valence-corrected chi connectivity index (χ3v) is 6.49. The van der Waals surface area contributed by atoms with Crippen LogP contribution in [0.3, 0.4) is 0 Å². The lowest BCUT2D eigenvalue weighted by Gasteiger charge is -2.17. The Hall–Kier alpha value is -3.41. The van der Waals surface area contributed by atoms with Crippen LogP contribution in [0.1, 0.15) is 36.1 Å². The molecule has 0 bridgehead atoms. The van der Waals surface area contributed by atoms with Crippen molar-refractivity contribution >= 4 is 17.5 Å². The number of rotatable bonds is 5. The number of aryl methyl sites for hydroxylation is 2. The number of imidazole rings is 1. The van der Waals surface area contributed by atoms with Crippen LogP contribution in [0.4, 0.5) is 5.69 Å². The summed E-state index contributed by atoms with van der Waals surface area (Å²) >= 11 is 0. The van der Waals surface area contributed by atoms with Crippen LogP contribution in [0, 0.1) is 12.8 Å². The highest BCUT2D eigenvalue weighted by Crippen LogP contribution is 2.26. The molecule has 0 saturated carbocycles. The van der Waals surface area contributed by atoms with Gasteiger partial charge in [0.1, 0.15) is 5.82 Å². The summed E-state index contributed by atoms with van der Waals surface area (Å²) in [7, 11) is 0. The van der Waals surface area contributed by atoms with Gasteiger partial charge < -0.3 is 14.8 Å². The molecule has 2 aromatic carbocycles. The molecule has 2 aliphatic heterocycles. The quantitative estimate of drug-likeness (QED) is 0.663. The van der Waals surface area contributed by atoms with Crippen LogP contribution in [-0.2, 0) is 29.1 Å². The minimum Gasteiger partial charge on any atom is -0.338 e. The van der Waals surface area contributed by atoms with Crippen molar-refractivity contribution in [2.45, 2.75) is 45.7 Å². The fourth-order valence-electron chi connectivity index (χ4n) is 4.63. The molecule has 1 fully saturated rings. The van der Waals surface area contributed by atoms with E-state index in [4.69, 9.17) is 0 Å². The lowest BCUT2D eigenvalue weighted by molar-refractivity contribution is -0.128. The number of hydrogen-bond donors (Lipinski definition) is 1. The van der Waals surface area contributed by atoms with Gasteiger partial charge in [0.05, 0.1) is 5.92 Å². The van der Waals surface area contributed by atoms with E-state index in [0.717, 1.165) is 35.6 Å². The van der Waals surface area contributed by atoms with Crippen molar-refractivity contribution < 1.29 is 9.59 Å². The third-order valence-electron chi connectivity index (χ3n) is 6.49. The van der Waals surface area contributed by atoms with Crippen molar-refractivity contribution in [3.63, 3.8) is 0 Å².